The lowest BCUT2D eigenvalue weighted by molar-refractivity contribution is -0.123. The minimum Gasteiger partial charge on any atom is -0.410 e. The lowest BCUT2D eigenvalue weighted by atomic mass is 9.96. The number of nitrogens with zero attached hydrogens (tertiary/aromatic N) is 1. The maximum absolute atomic E-state index is 11.7. The van der Waals surface area contributed by atoms with Gasteiger partial charge in [0.1, 0.15) is 5.04 Å². The highest BCUT2D eigenvalue weighted by Crippen LogP contribution is 2.30. The van der Waals surface area contributed by atoms with E-state index in [2.05, 4.69) is 10.5 Å². The molecule has 16 heavy (non-hydrogen) atoms. The zero-order chi connectivity index (χ0) is 12.9. The van der Waals surface area contributed by atoms with Crippen molar-refractivity contribution in [1.29, 1.82) is 0 Å². The lowest BCUT2D eigenvalue weighted by Gasteiger charge is -2.25. The van der Waals surface area contributed by atoms with Crippen LogP contribution in [-0.4, -0.2) is 28.0 Å². The van der Waals surface area contributed by atoms with Crippen molar-refractivity contribution in [3.05, 3.63) is 0 Å². The van der Waals surface area contributed by atoms with Crippen LogP contribution in [0.1, 0.15) is 34.6 Å². The fourth-order valence-electron chi connectivity index (χ4n) is 1.32. The van der Waals surface area contributed by atoms with Crippen LogP contribution in [0.3, 0.4) is 0 Å². The van der Waals surface area contributed by atoms with Gasteiger partial charge in [-0.25, -0.2) is 0 Å². The third-order valence-corrected chi connectivity index (χ3v) is 3.13. The van der Waals surface area contributed by atoms with Crippen LogP contribution in [0.2, 0.25) is 0 Å². The third-order valence-electron chi connectivity index (χ3n) is 1.97. The van der Waals surface area contributed by atoms with Crippen molar-refractivity contribution in [2.24, 2.45) is 17.0 Å². The fourth-order valence-corrected chi connectivity index (χ4v) is 2.49. The normalized spacial score (nSPS) is 15.1. The maximum Gasteiger partial charge on any atom is 0.229 e. The molecule has 0 fully saturated rings. The number of rotatable bonds is 3. The van der Waals surface area contributed by atoms with Crippen LogP contribution in [0.5, 0.6) is 0 Å². The molecule has 0 aromatic rings. The minimum absolute atomic E-state index is 0.0806. The summed E-state index contributed by atoms with van der Waals surface area (Å²) < 4.78 is -0.0806. The highest BCUT2D eigenvalue weighted by atomic mass is 32.2. The summed E-state index contributed by atoms with van der Waals surface area (Å²) in [5.41, 5.74) is 0. The van der Waals surface area contributed by atoms with Crippen LogP contribution >= 0.6 is 11.8 Å². The Bertz CT molecular complexity index is 270. The van der Waals surface area contributed by atoms with Gasteiger partial charge in [-0.1, -0.05) is 39.8 Å². The number of carbonyl (C=O) groups excluding carboxylic acids is 1. The number of oxime groups is 1. The molecule has 0 aliphatic heterocycles. The Balaban J connectivity index is 4.96. The van der Waals surface area contributed by atoms with E-state index in [1.807, 2.05) is 34.6 Å². The molecule has 0 rings (SSSR count). The number of hydrogen-bond donors (Lipinski definition) is 2. The molecule has 0 aromatic heterocycles. The van der Waals surface area contributed by atoms with E-state index in [1.165, 1.54) is 11.8 Å². The highest BCUT2D eigenvalue weighted by Gasteiger charge is 2.31. The monoisotopic (exact) mass is 246 g/mol. The molecule has 1 amide bonds. The molecule has 0 aromatic carbocycles. The zero-order valence-electron chi connectivity index (χ0n) is 10.9. The van der Waals surface area contributed by atoms with Crippen molar-refractivity contribution in [3.8, 4) is 0 Å². The molecule has 0 aliphatic rings. The molecule has 0 saturated carbocycles. The van der Waals surface area contributed by atoms with E-state index in [0.29, 0.717) is 5.04 Å². The molecule has 0 aliphatic carbocycles. The summed E-state index contributed by atoms with van der Waals surface area (Å²) in [7, 11) is 1.59. The molecule has 0 radical (unpaired) electrons. The molecular formula is C11H22N2O2S. The Labute approximate surface area is 102 Å². The van der Waals surface area contributed by atoms with Crippen molar-refractivity contribution in [1.82, 2.24) is 5.32 Å². The van der Waals surface area contributed by atoms with Gasteiger partial charge in [-0.05, 0) is 5.92 Å². The fraction of sp³-hybridized carbons (Fsp3) is 0.818. The summed E-state index contributed by atoms with van der Waals surface area (Å²) in [6, 6.07) is 0. The van der Waals surface area contributed by atoms with Gasteiger partial charge in [0.2, 0.25) is 5.91 Å². The summed E-state index contributed by atoms with van der Waals surface area (Å²) in [6.07, 6.45) is 0. The quantitative estimate of drug-likeness (QED) is 0.348. The molecule has 1 atom stereocenters. The van der Waals surface area contributed by atoms with E-state index in [9.17, 15) is 4.79 Å². The molecular weight excluding hydrogens is 224 g/mol. The second kappa shape index (κ2) is 6.13. The molecule has 0 spiro atoms. The first kappa shape index (κ1) is 15.3. The molecule has 4 nitrogen and oxygen atoms in total. The van der Waals surface area contributed by atoms with Gasteiger partial charge in [0, 0.05) is 11.8 Å². The largest absolute Gasteiger partial charge is 0.410 e. The minimum atomic E-state index is -0.390. The summed E-state index contributed by atoms with van der Waals surface area (Å²) in [6.45, 7) is 9.93. The van der Waals surface area contributed by atoms with E-state index < -0.39 is 0 Å². The van der Waals surface area contributed by atoms with Crippen molar-refractivity contribution in [2.75, 3.05) is 7.05 Å². The first-order valence-corrected chi connectivity index (χ1v) is 6.17. The van der Waals surface area contributed by atoms with E-state index >= 15 is 0 Å². The van der Waals surface area contributed by atoms with E-state index in [1.54, 1.807) is 7.05 Å². The average Bonchev–Trinajstić information content (AvgIpc) is 2.13. The predicted octanol–water partition coefficient (Wildman–Crippen LogP) is 2.32. The predicted molar refractivity (Wildman–Crippen MR) is 69.0 cm³/mol. The Hall–Kier alpha value is -0.710. The molecule has 94 valence electrons. The molecule has 1 unspecified atom stereocenters. The number of carbonyl (C=O) groups is 1. The summed E-state index contributed by atoms with van der Waals surface area (Å²) in [5.74, 6) is -0.403. The standard InChI is InChI=1S/C11H22N2O2S/c1-7(2)8(9(14)12-6)10(13-15)16-11(3,4)5/h7-8,15H,1-6H3,(H,12,14)/b13-10-. The second-order valence-electron chi connectivity index (χ2n) is 4.99. The van der Waals surface area contributed by atoms with Crippen molar-refractivity contribution in [3.63, 3.8) is 0 Å². The summed E-state index contributed by atoms with van der Waals surface area (Å²) in [4.78, 5) is 11.7. The van der Waals surface area contributed by atoms with Crippen LogP contribution < -0.4 is 5.32 Å². The van der Waals surface area contributed by atoms with Gasteiger partial charge >= 0.3 is 0 Å². The van der Waals surface area contributed by atoms with Gasteiger partial charge in [-0.15, -0.1) is 11.8 Å². The Morgan fingerprint density at radius 2 is 1.88 bits per heavy atom. The molecule has 5 heteroatoms. The van der Waals surface area contributed by atoms with E-state index in [-0.39, 0.29) is 22.5 Å². The first-order chi connectivity index (χ1) is 7.22. The Kier molecular flexibility index (Phi) is 5.86. The maximum atomic E-state index is 11.7. The Morgan fingerprint density at radius 1 is 1.38 bits per heavy atom. The van der Waals surface area contributed by atoms with Gasteiger partial charge in [-0.3, -0.25) is 4.79 Å². The lowest BCUT2D eigenvalue weighted by Crippen LogP contribution is -2.36. The van der Waals surface area contributed by atoms with Gasteiger partial charge in [0.25, 0.3) is 0 Å². The number of nitrogens with one attached hydrogen (secondary N) is 1. The molecule has 2 N–H and O–H groups in total. The van der Waals surface area contributed by atoms with Crippen molar-refractivity contribution < 1.29 is 10.0 Å². The van der Waals surface area contributed by atoms with Crippen molar-refractivity contribution in [2.45, 2.75) is 39.4 Å². The second-order valence-corrected chi connectivity index (χ2v) is 6.84. The zero-order valence-corrected chi connectivity index (χ0v) is 11.7. The van der Waals surface area contributed by atoms with Crippen LogP contribution in [-0.2, 0) is 4.79 Å². The van der Waals surface area contributed by atoms with E-state index in [4.69, 9.17) is 5.21 Å². The topological polar surface area (TPSA) is 61.7 Å². The first-order valence-electron chi connectivity index (χ1n) is 5.35. The van der Waals surface area contributed by atoms with Crippen LogP contribution in [0.4, 0.5) is 0 Å². The number of amides is 1. The van der Waals surface area contributed by atoms with Gasteiger partial charge in [-0.2, -0.15) is 0 Å². The van der Waals surface area contributed by atoms with Gasteiger partial charge < -0.3 is 10.5 Å². The average molecular weight is 246 g/mol. The smallest absolute Gasteiger partial charge is 0.229 e. The summed E-state index contributed by atoms with van der Waals surface area (Å²) >= 11 is 1.42. The van der Waals surface area contributed by atoms with Crippen molar-refractivity contribution >= 4 is 22.7 Å². The molecule has 0 saturated heterocycles. The van der Waals surface area contributed by atoms with E-state index in [0.717, 1.165) is 0 Å². The molecule has 0 bridgehead atoms. The number of thioether (sulfide) groups is 1. The third kappa shape index (κ3) is 4.88. The molecule has 0 heterocycles. The van der Waals surface area contributed by atoms with Gasteiger partial charge in [0.15, 0.2) is 0 Å². The van der Waals surface area contributed by atoms with Gasteiger partial charge in [0.05, 0.1) is 5.92 Å². The number of hydrogen-bond acceptors (Lipinski definition) is 4. The SMILES string of the molecule is CNC(=O)C(/C(=N/O)SC(C)(C)C)C(C)C. The summed E-state index contributed by atoms with van der Waals surface area (Å²) in [5, 5.41) is 15.4. The van der Waals surface area contributed by atoms with Crippen LogP contribution in [0, 0.1) is 11.8 Å². The highest BCUT2D eigenvalue weighted by molar-refractivity contribution is 8.15. The van der Waals surface area contributed by atoms with Crippen LogP contribution in [0.25, 0.3) is 0 Å². The van der Waals surface area contributed by atoms with Crippen LogP contribution in [0.15, 0.2) is 5.16 Å². The Morgan fingerprint density at radius 3 is 2.12 bits per heavy atom.